The minimum Gasteiger partial charge on any atom is -0.495 e. The summed E-state index contributed by atoms with van der Waals surface area (Å²) in [5.41, 5.74) is 1.71. The fourth-order valence-corrected chi connectivity index (χ4v) is 3.15. The predicted molar refractivity (Wildman–Crippen MR) is 111 cm³/mol. The van der Waals surface area contributed by atoms with Crippen LogP contribution in [0.5, 0.6) is 5.75 Å². The molecule has 6 nitrogen and oxygen atoms in total. The molecule has 1 aliphatic heterocycles. The van der Waals surface area contributed by atoms with Crippen LogP contribution < -0.4 is 15.4 Å². The van der Waals surface area contributed by atoms with E-state index < -0.39 is 0 Å². The second-order valence-corrected chi connectivity index (χ2v) is 6.25. The van der Waals surface area contributed by atoms with Gasteiger partial charge in [-0.2, -0.15) is 4.98 Å². The molecule has 1 unspecified atom stereocenters. The first-order chi connectivity index (χ1) is 12.8. The zero-order valence-corrected chi connectivity index (χ0v) is 16.0. The summed E-state index contributed by atoms with van der Waals surface area (Å²) >= 11 is 0. The van der Waals surface area contributed by atoms with Crippen molar-refractivity contribution in [2.45, 2.75) is 18.9 Å². The predicted octanol–water partition coefficient (Wildman–Crippen LogP) is 4.39. The van der Waals surface area contributed by atoms with Gasteiger partial charge >= 0.3 is 0 Å². The lowest BCUT2D eigenvalue weighted by molar-refractivity contribution is 0.120. The number of ether oxygens (including phenoxy) is 2. The van der Waals surface area contributed by atoms with Crippen molar-refractivity contribution < 1.29 is 9.47 Å². The van der Waals surface area contributed by atoms with Crippen molar-refractivity contribution in [3.05, 3.63) is 48.5 Å². The summed E-state index contributed by atoms with van der Waals surface area (Å²) in [4.78, 5) is 9.33. The second kappa shape index (κ2) is 8.88. The molecule has 0 spiro atoms. The highest BCUT2D eigenvalue weighted by Gasteiger charge is 2.16. The zero-order chi connectivity index (χ0) is 17.8. The molecule has 2 aromatic carbocycles. The summed E-state index contributed by atoms with van der Waals surface area (Å²) in [5, 5.41) is 7.70. The smallest absolute Gasteiger partial charge is 0.229 e. The number of aromatic nitrogens is 2. The Labute approximate surface area is 164 Å². The third-order valence-electron chi connectivity index (χ3n) is 4.48. The number of para-hydroxylation sites is 3. The molecule has 27 heavy (non-hydrogen) atoms. The van der Waals surface area contributed by atoms with E-state index in [9.17, 15) is 0 Å². The summed E-state index contributed by atoms with van der Waals surface area (Å²) in [6, 6.07) is 15.7. The van der Waals surface area contributed by atoms with Gasteiger partial charge in [-0.05, 0) is 37.1 Å². The number of hydrogen-bond donors (Lipinski definition) is 2. The number of rotatable bonds is 6. The average Bonchev–Trinajstić information content (AvgIpc) is 3.20. The number of benzene rings is 2. The monoisotopic (exact) mass is 386 g/mol. The molecular weight excluding hydrogens is 364 g/mol. The quantitative estimate of drug-likeness (QED) is 0.654. The van der Waals surface area contributed by atoms with Crippen molar-refractivity contribution in [2.24, 2.45) is 0 Å². The Morgan fingerprint density at radius 3 is 2.74 bits per heavy atom. The van der Waals surface area contributed by atoms with E-state index in [0.717, 1.165) is 54.2 Å². The minimum absolute atomic E-state index is 0. The molecule has 2 N–H and O–H groups in total. The molecule has 1 saturated heterocycles. The van der Waals surface area contributed by atoms with Gasteiger partial charge in [-0.15, -0.1) is 12.4 Å². The maximum Gasteiger partial charge on any atom is 0.229 e. The summed E-state index contributed by atoms with van der Waals surface area (Å²) in [5.74, 6) is 2.09. The number of nitrogens with one attached hydrogen (secondary N) is 2. The molecule has 0 radical (unpaired) electrons. The Balaban J connectivity index is 0.00000210. The molecule has 7 heteroatoms. The van der Waals surface area contributed by atoms with E-state index in [1.54, 1.807) is 7.11 Å². The van der Waals surface area contributed by atoms with E-state index in [0.29, 0.717) is 5.95 Å². The lowest BCUT2D eigenvalue weighted by atomic mass is 10.2. The lowest BCUT2D eigenvalue weighted by Crippen LogP contribution is -2.19. The van der Waals surface area contributed by atoms with Gasteiger partial charge in [0.2, 0.25) is 5.95 Å². The summed E-state index contributed by atoms with van der Waals surface area (Å²) in [7, 11) is 1.65. The van der Waals surface area contributed by atoms with Crippen molar-refractivity contribution in [1.82, 2.24) is 9.97 Å². The fraction of sp³-hybridized carbons (Fsp3) is 0.300. The summed E-state index contributed by atoms with van der Waals surface area (Å²) < 4.78 is 11.1. The van der Waals surface area contributed by atoms with Gasteiger partial charge in [0.1, 0.15) is 11.6 Å². The molecule has 4 rings (SSSR count). The van der Waals surface area contributed by atoms with Crippen molar-refractivity contribution in [3.8, 4) is 5.75 Å². The van der Waals surface area contributed by atoms with Crippen LogP contribution in [0.3, 0.4) is 0 Å². The van der Waals surface area contributed by atoms with Crippen LogP contribution in [0.25, 0.3) is 10.9 Å². The first-order valence-corrected chi connectivity index (χ1v) is 8.86. The van der Waals surface area contributed by atoms with Crippen LogP contribution >= 0.6 is 12.4 Å². The Hall–Kier alpha value is -2.57. The van der Waals surface area contributed by atoms with Gasteiger partial charge in [0.05, 0.1) is 24.4 Å². The first-order valence-electron chi connectivity index (χ1n) is 8.86. The van der Waals surface area contributed by atoms with E-state index in [1.807, 2.05) is 48.5 Å². The highest BCUT2D eigenvalue weighted by Crippen LogP contribution is 2.28. The van der Waals surface area contributed by atoms with Crippen molar-refractivity contribution in [2.75, 3.05) is 30.9 Å². The van der Waals surface area contributed by atoms with E-state index >= 15 is 0 Å². The van der Waals surface area contributed by atoms with Gasteiger partial charge in [-0.3, -0.25) is 0 Å². The summed E-state index contributed by atoms with van der Waals surface area (Å²) in [6.07, 6.45) is 2.45. The fourth-order valence-electron chi connectivity index (χ4n) is 3.15. The Morgan fingerprint density at radius 1 is 1.11 bits per heavy atom. The zero-order valence-electron chi connectivity index (χ0n) is 15.1. The molecule has 1 atom stereocenters. The van der Waals surface area contributed by atoms with E-state index in [2.05, 4.69) is 20.6 Å². The highest BCUT2D eigenvalue weighted by molar-refractivity contribution is 5.90. The molecule has 0 bridgehead atoms. The first kappa shape index (κ1) is 19.2. The van der Waals surface area contributed by atoms with Gasteiger partial charge in [0, 0.05) is 18.5 Å². The topological polar surface area (TPSA) is 68.3 Å². The standard InChI is InChI=1S/C20H22N4O2.ClH/c1-25-18-11-5-4-10-17(18)23-20-22-16-9-3-2-8-15(16)19(24-20)21-13-14-7-6-12-26-14;/h2-5,8-11,14H,6-7,12-13H2,1H3,(H2,21,22,23,24);1H. The number of halogens is 1. The lowest BCUT2D eigenvalue weighted by Gasteiger charge is -2.15. The van der Waals surface area contributed by atoms with E-state index in [1.165, 1.54) is 0 Å². The average molecular weight is 387 g/mol. The number of fused-ring (bicyclic) bond motifs is 1. The molecule has 1 fully saturated rings. The van der Waals surface area contributed by atoms with Gasteiger partial charge in [-0.25, -0.2) is 4.98 Å². The van der Waals surface area contributed by atoms with Crippen LogP contribution in [0.15, 0.2) is 48.5 Å². The highest BCUT2D eigenvalue weighted by atomic mass is 35.5. The maximum atomic E-state index is 5.70. The Morgan fingerprint density at radius 2 is 1.93 bits per heavy atom. The normalized spacial score (nSPS) is 16.0. The maximum absolute atomic E-state index is 5.70. The molecule has 3 aromatic rings. The van der Waals surface area contributed by atoms with Crippen molar-refractivity contribution in [1.29, 1.82) is 0 Å². The van der Waals surface area contributed by atoms with E-state index in [4.69, 9.17) is 9.47 Å². The van der Waals surface area contributed by atoms with Crippen molar-refractivity contribution >= 4 is 40.8 Å². The molecule has 142 valence electrons. The van der Waals surface area contributed by atoms with Crippen LogP contribution in [0, 0.1) is 0 Å². The van der Waals surface area contributed by atoms with E-state index in [-0.39, 0.29) is 18.5 Å². The molecule has 1 aliphatic rings. The number of nitrogens with zero attached hydrogens (tertiary/aromatic N) is 2. The van der Waals surface area contributed by atoms with Gasteiger partial charge in [0.25, 0.3) is 0 Å². The number of anilines is 3. The Kier molecular flexibility index (Phi) is 6.32. The van der Waals surface area contributed by atoms with Crippen LogP contribution in [0.1, 0.15) is 12.8 Å². The largest absolute Gasteiger partial charge is 0.495 e. The van der Waals surface area contributed by atoms with Crippen LogP contribution in [-0.2, 0) is 4.74 Å². The van der Waals surface area contributed by atoms with Crippen molar-refractivity contribution in [3.63, 3.8) is 0 Å². The molecule has 0 saturated carbocycles. The molecule has 0 amide bonds. The molecule has 0 aliphatic carbocycles. The Bertz CT molecular complexity index is 900. The van der Waals surface area contributed by atoms with Gasteiger partial charge < -0.3 is 20.1 Å². The minimum atomic E-state index is 0. The third-order valence-corrected chi connectivity index (χ3v) is 4.48. The molecule has 2 heterocycles. The second-order valence-electron chi connectivity index (χ2n) is 6.25. The SMILES string of the molecule is COc1ccccc1Nc1nc(NCC2CCCO2)c2ccccc2n1.Cl. The van der Waals surface area contributed by atoms with Crippen LogP contribution in [0.2, 0.25) is 0 Å². The molecular formula is C20H23ClN4O2. The van der Waals surface area contributed by atoms with Crippen LogP contribution in [-0.4, -0.2) is 36.3 Å². The van der Waals surface area contributed by atoms with Crippen LogP contribution in [0.4, 0.5) is 17.5 Å². The number of hydrogen-bond acceptors (Lipinski definition) is 6. The summed E-state index contributed by atoms with van der Waals surface area (Å²) in [6.45, 7) is 1.59. The van der Waals surface area contributed by atoms with Gasteiger partial charge in [-0.1, -0.05) is 24.3 Å². The third kappa shape index (κ3) is 4.40. The number of methoxy groups -OCH3 is 1. The molecule has 1 aromatic heterocycles. The van der Waals surface area contributed by atoms with Gasteiger partial charge in [0.15, 0.2) is 0 Å².